The fraction of sp³-hybridized carbons (Fsp3) is 0.714. The molecule has 0 heterocycles. The topological polar surface area (TPSA) is 26.0 Å². The molecular weight excluding hydrogens is 266 g/mol. The number of hydrogen-bond acceptors (Lipinski definition) is 1. The van der Waals surface area contributed by atoms with Crippen molar-refractivity contribution in [2.24, 2.45) is 11.8 Å². The summed E-state index contributed by atoms with van der Waals surface area (Å²) >= 11 is 0. The summed E-state index contributed by atoms with van der Waals surface area (Å²) in [5, 5.41) is 0. The lowest BCUT2D eigenvalue weighted by atomic mass is 9.87. The highest BCUT2D eigenvalue weighted by atomic mass is 14.5. The lowest BCUT2D eigenvalue weighted by Crippen LogP contribution is -2.01. The molecule has 2 saturated carbocycles. The summed E-state index contributed by atoms with van der Waals surface area (Å²) in [5.74, 6) is 2.90. The highest BCUT2D eigenvalue weighted by Gasteiger charge is 2.35. The van der Waals surface area contributed by atoms with Crippen LogP contribution in [0.5, 0.6) is 0 Å². The summed E-state index contributed by atoms with van der Waals surface area (Å²) in [7, 11) is 0. The normalized spacial score (nSPS) is 31.0. The molecule has 0 aromatic heterocycles. The molecule has 1 aromatic carbocycles. The van der Waals surface area contributed by atoms with E-state index in [1.165, 1.54) is 82.6 Å². The van der Waals surface area contributed by atoms with Crippen molar-refractivity contribution in [2.45, 2.75) is 83.0 Å². The van der Waals surface area contributed by atoms with Gasteiger partial charge in [-0.2, -0.15) is 0 Å². The molecule has 0 saturated heterocycles. The van der Waals surface area contributed by atoms with Crippen LogP contribution < -0.4 is 5.73 Å². The summed E-state index contributed by atoms with van der Waals surface area (Å²) in [5.41, 5.74) is 8.28. The van der Waals surface area contributed by atoms with Crippen LogP contribution in [0.4, 0.5) is 5.69 Å². The van der Waals surface area contributed by atoms with Gasteiger partial charge >= 0.3 is 0 Å². The second kappa shape index (κ2) is 8.04. The third kappa shape index (κ3) is 4.76. The molecule has 0 radical (unpaired) electrons. The Hall–Kier alpha value is -0.980. The number of hydrogen-bond donors (Lipinski definition) is 1. The molecule has 2 aliphatic carbocycles. The quantitative estimate of drug-likeness (QED) is 0.605. The third-order valence-corrected chi connectivity index (χ3v) is 5.99. The van der Waals surface area contributed by atoms with Crippen LogP contribution in [0.15, 0.2) is 24.3 Å². The smallest absolute Gasteiger partial charge is 0.0314 e. The van der Waals surface area contributed by atoms with Gasteiger partial charge in [-0.25, -0.2) is 0 Å². The van der Waals surface area contributed by atoms with Crippen molar-refractivity contribution in [3.05, 3.63) is 29.8 Å². The van der Waals surface area contributed by atoms with Crippen LogP contribution in [0.2, 0.25) is 0 Å². The van der Waals surface area contributed by atoms with Crippen LogP contribution in [0.3, 0.4) is 0 Å². The molecule has 1 heteroatoms. The monoisotopic (exact) mass is 299 g/mol. The predicted molar refractivity (Wildman–Crippen MR) is 96.0 cm³/mol. The van der Waals surface area contributed by atoms with Gasteiger partial charge in [0.2, 0.25) is 0 Å². The van der Waals surface area contributed by atoms with E-state index in [1.54, 1.807) is 0 Å². The lowest BCUT2D eigenvalue weighted by Gasteiger charge is -2.18. The second-order valence-electron chi connectivity index (χ2n) is 7.75. The fourth-order valence-electron chi connectivity index (χ4n) is 4.36. The van der Waals surface area contributed by atoms with Crippen molar-refractivity contribution in [3.8, 4) is 0 Å². The summed E-state index contributed by atoms with van der Waals surface area (Å²) in [6.07, 6.45) is 17.4. The van der Waals surface area contributed by atoms with Gasteiger partial charge in [0.25, 0.3) is 0 Å². The van der Waals surface area contributed by atoms with Gasteiger partial charge in [0.1, 0.15) is 0 Å². The van der Waals surface area contributed by atoms with Crippen molar-refractivity contribution in [2.75, 3.05) is 5.73 Å². The Morgan fingerprint density at radius 1 is 0.636 bits per heavy atom. The van der Waals surface area contributed by atoms with Gasteiger partial charge in [-0.15, -0.1) is 0 Å². The van der Waals surface area contributed by atoms with Crippen LogP contribution in [0.25, 0.3) is 0 Å². The van der Waals surface area contributed by atoms with E-state index in [0.717, 1.165) is 23.4 Å². The minimum absolute atomic E-state index is 0.768. The summed E-state index contributed by atoms with van der Waals surface area (Å²) in [4.78, 5) is 0. The highest BCUT2D eigenvalue weighted by molar-refractivity contribution is 5.40. The predicted octanol–water partition coefficient (Wildman–Crippen LogP) is 6.29. The first-order valence-corrected chi connectivity index (χ1v) is 9.68. The molecule has 2 fully saturated rings. The first kappa shape index (κ1) is 15.9. The Morgan fingerprint density at radius 2 is 1.23 bits per heavy atom. The molecule has 2 aliphatic rings. The number of anilines is 1. The average Bonchev–Trinajstić information content (AvgIpc) is 3.28. The molecule has 122 valence electrons. The number of nitrogens with two attached hydrogens (primary N) is 1. The molecule has 0 bridgehead atoms. The number of fused-ring (bicyclic) bond motifs is 1. The molecule has 0 aliphatic heterocycles. The first-order chi connectivity index (χ1) is 10.8. The van der Waals surface area contributed by atoms with Gasteiger partial charge in [-0.3, -0.25) is 0 Å². The Kier molecular flexibility index (Phi) is 5.81. The molecule has 1 nitrogen and oxygen atoms in total. The van der Waals surface area contributed by atoms with E-state index in [0.29, 0.717) is 0 Å². The minimum Gasteiger partial charge on any atom is -0.399 e. The van der Waals surface area contributed by atoms with Gasteiger partial charge in [0.15, 0.2) is 0 Å². The average molecular weight is 300 g/mol. The van der Waals surface area contributed by atoms with E-state index in [2.05, 4.69) is 24.3 Å². The lowest BCUT2D eigenvalue weighted by molar-refractivity contribution is 0.461. The van der Waals surface area contributed by atoms with Gasteiger partial charge in [0, 0.05) is 5.69 Å². The van der Waals surface area contributed by atoms with Crippen LogP contribution >= 0.6 is 0 Å². The van der Waals surface area contributed by atoms with E-state index in [-0.39, 0.29) is 0 Å². The summed E-state index contributed by atoms with van der Waals surface area (Å²) in [6, 6.07) is 8.71. The molecule has 22 heavy (non-hydrogen) atoms. The van der Waals surface area contributed by atoms with Crippen LogP contribution in [0.1, 0.15) is 88.5 Å². The second-order valence-corrected chi connectivity index (χ2v) is 7.75. The van der Waals surface area contributed by atoms with Crippen molar-refractivity contribution in [1.82, 2.24) is 0 Å². The first-order valence-electron chi connectivity index (χ1n) is 9.68. The van der Waals surface area contributed by atoms with Gasteiger partial charge in [0.05, 0.1) is 0 Å². The van der Waals surface area contributed by atoms with Crippen LogP contribution in [-0.2, 0) is 0 Å². The Balaban J connectivity index is 1.58. The van der Waals surface area contributed by atoms with Crippen molar-refractivity contribution < 1.29 is 0 Å². The number of benzene rings is 1. The Labute approximate surface area is 136 Å². The van der Waals surface area contributed by atoms with E-state index >= 15 is 0 Å². The maximum Gasteiger partial charge on any atom is 0.0314 e. The molecule has 0 spiro atoms. The Bertz CT molecular complexity index is 436. The molecular formula is C21H33N. The zero-order valence-corrected chi connectivity index (χ0v) is 14.1. The molecule has 1 aromatic rings. The van der Waals surface area contributed by atoms with E-state index in [4.69, 9.17) is 5.73 Å². The minimum atomic E-state index is 0.768. The molecule has 2 N–H and O–H groups in total. The zero-order chi connectivity index (χ0) is 15.2. The summed E-state index contributed by atoms with van der Waals surface area (Å²) < 4.78 is 0. The fourth-order valence-corrected chi connectivity index (χ4v) is 4.36. The number of rotatable bonds is 1. The molecule has 3 atom stereocenters. The molecule has 0 amide bonds. The van der Waals surface area contributed by atoms with E-state index in [1.807, 2.05) is 0 Å². The standard InChI is InChI=1S/C21H33N/c22-21-14-12-18(13-15-21)17-8-6-4-2-1-3-5-7-9-19-16-20(19)11-10-17/h12-15,17,19-20H,1-11,16,22H2. The number of nitrogen functional groups attached to an aromatic ring is 1. The van der Waals surface area contributed by atoms with Gasteiger partial charge in [-0.1, -0.05) is 63.5 Å². The zero-order valence-electron chi connectivity index (χ0n) is 14.1. The SMILES string of the molecule is Nc1ccc(C2CCCCCCCCCC3CC3CC2)cc1. The summed E-state index contributed by atoms with van der Waals surface area (Å²) in [6.45, 7) is 0. The Morgan fingerprint density at radius 3 is 1.95 bits per heavy atom. The van der Waals surface area contributed by atoms with Crippen LogP contribution in [0, 0.1) is 11.8 Å². The maximum absolute atomic E-state index is 5.86. The van der Waals surface area contributed by atoms with E-state index < -0.39 is 0 Å². The maximum atomic E-state index is 5.86. The van der Waals surface area contributed by atoms with Gasteiger partial charge < -0.3 is 5.73 Å². The molecule has 3 unspecified atom stereocenters. The van der Waals surface area contributed by atoms with Crippen LogP contribution in [-0.4, -0.2) is 0 Å². The van der Waals surface area contributed by atoms with E-state index in [9.17, 15) is 0 Å². The van der Waals surface area contributed by atoms with Crippen molar-refractivity contribution in [1.29, 1.82) is 0 Å². The largest absolute Gasteiger partial charge is 0.399 e. The molecule has 3 rings (SSSR count). The van der Waals surface area contributed by atoms with Crippen molar-refractivity contribution >= 4 is 5.69 Å². The van der Waals surface area contributed by atoms with Crippen molar-refractivity contribution in [3.63, 3.8) is 0 Å². The third-order valence-electron chi connectivity index (χ3n) is 5.99. The highest BCUT2D eigenvalue weighted by Crippen LogP contribution is 2.47. The van der Waals surface area contributed by atoms with Gasteiger partial charge in [-0.05, 0) is 61.1 Å².